The molecule has 3 aromatic carbocycles. The topological polar surface area (TPSA) is 154 Å². The number of hydrogen-bond donors (Lipinski definition) is 2. The van der Waals surface area contributed by atoms with E-state index in [1.165, 1.54) is 6.20 Å². The van der Waals surface area contributed by atoms with E-state index in [0.29, 0.717) is 47.7 Å². The summed E-state index contributed by atoms with van der Waals surface area (Å²) in [6.45, 7) is 11.4. The first-order chi connectivity index (χ1) is 28.7. The molecular weight excluding hydrogens is 766 g/mol. The molecule has 4 heterocycles. The van der Waals surface area contributed by atoms with Gasteiger partial charge in [0, 0.05) is 68.7 Å². The summed E-state index contributed by atoms with van der Waals surface area (Å²) in [6.07, 6.45) is 9.21. The maximum absolute atomic E-state index is 11.4. The molecule has 1 amide bonds. The van der Waals surface area contributed by atoms with Crippen LogP contribution in [0.5, 0.6) is 17.2 Å². The molecule has 14 heteroatoms. The number of nitriles is 1. The van der Waals surface area contributed by atoms with E-state index in [1.807, 2.05) is 18.2 Å². The fourth-order valence-corrected chi connectivity index (χ4v) is 8.38. The molecule has 0 radical (unpaired) electrons. The molecule has 2 fully saturated rings. The van der Waals surface area contributed by atoms with Gasteiger partial charge in [0.2, 0.25) is 5.91 Å². The van der Waals surface area contributed by atoms with Crippen molar-refractivity contribution in [2.24, 2.45) is 0 Å². The normalized spacial score (nSPS) is 16.4. The lowest BCUT2D eigenvalue weighted by molar-refractivity contribution is -0.119. The Morgan fingerprint density at radius 2 is 1.71 bits per heavy atom. The van der Waals surface area contributed by atoms with E-state index < -0.39 is 0 Å². The molecule has 2 saturated heterocycles. The molecule has 13 nitrogen and oxygen atoms in total. The lowest BCUT2D eigenvalue weighted by Gasteiger charge is -2.34. The molecule has 0 bridgehead atoms. The summed E-state index contributed by atoms with van der Waals surface area (Å²) < 4.78 is 19.3. The number of pyridine rings is 1. The Balaban J connectivity index is 1.03. The monoisotopic (exact) mass is 817 g/mol. The fourth-order valence-electron chi connectivity index (χ4n) is 8.14. The largest absolute Gasteiger partial charge is 0.493 e. The Hall–Kier alpha value is -5.55. The molecule has 5 aromatic rings. The van der Waals surface area contributed by atoms with E-state index in [1.54, 1.807) is 19.2 Å². The summed E-state index contributed by atoms with van der Waals surface area (Å²) in [4.78, 5) is 20.4. The standard InChI is InChI=1S/C45H52ClN9O4/c1-30-35(9-6-10-38(30)39-11-7-13-42(31(39)2)57-20-8-16-54-18-14-37(15-19-54)49-32(3)56)29-59-44-23-43(58-28-34-21-33(24-47)25-48-26-34)36(22-40(44)46)27-55-17-5-4-12-41(55)45-50-52-53-51-45/h6-7,9-11,13,21-23,25-26,37,41H,4-5,8,12,14-20,27-29H2,1-3H3,(H,49,56)(H,50,51,52,53). The fraction of sp³-hybridized carbons (Fsp3) is 0.422. The summed E-state index contributed by atoms with van der Waals surface area (Å²) in [6, 6.07) is 20.5. The molecule has 0 aliphatic carbocycles. The number of carbonyl (C=O) groups is 1. The van der Waals surface area contributed by atoms with Crippen LogP contribution < -0.4 is 19.5 Å². The number of nitrogens with zero attached hydrogens (tertiary/aromatic N) is 7. The van der Waals surface area contributed by atoms with Crippen LogP contribution in [0.15, 0.2) is 67.0 Å². The van der Waals surface area contributed by atoms with Crippen LogP contribution in [0, 0.1) is 25.2 Å². The SMILES string of the molecule is CC(=O)NC1CCN(CCCOc2cccc(-c3cccc(COc4cc(OCc5cncc(C#N)c5)c(CN5CCCCC5c5nn[nH]n5)cc4Cl)c3C)c2C)CC1. The summed E-state index contributed by atoms with van der Waals surface area (Å²) in [7, 11) is 0. The number of hydrogen-bond acceptors (Lipinski definition) is 11. The zero-order valence-electron chi connectivity index (χ0n) is 34.0. The summed E-state index contributed by atoms with van der Waals surface area (Å²) in [5.74, 6) is 2.75. The van der Waals surface area contributed by atoms with Crippen molar-refractivity contribution in [2.75, 3.05) is 32.8 Å². The first kappa shape index (κ1) is 41.6. The predicted molar refractivity (Wildman–Crippen MR) is 225 cm³/mol. The van der Waals surface area contributed by atoms with Crippen LogP contribution in [0.2, 0.25) is 5.02 Å². The van der Waals surface area contributed by atoms with Crippen molar-refractivity contribution in [1.29, 1.82) is 5.26 Å². The molecule has 7 rings (SSSR count). The lowest BCUT2D eigenvalue weighted by Crippen LogP contribution is -2.44. The highest BCUT2D eigenvalue weighted by atomic mass is 35.5. The molecule has 59 heavy (non-hydrogen) atoms. The minimum Gasteiger partial charge on any atom is -0.493 e. The molecule has 0 spiro atoms. The third kappa shape index (κ3) is 10.7. The molecule has 1 unspecified atom stereocenters. The highest BCUT2D eigenvalue weighted by molar-refractivity contribution is 6.32. The summed E-state index contributed by atoms with van der Waals surface area (Å²) in [5, 5.41) is 27.9. The van der Waals surface area contributed by atoms with Crippen molar-refractivity contribution in [3.8, 4) is 34.4 Å². The van der Waals surface area contributed by atoms with Gasteiger partial charge in [0.15, 0.2) is 5.82 Å². The van der Waals surface area contributed by atoms with Crippen LogP contribution in [0.3, 0.4) is 0 Å². The number of nitrogens with one attached hydrogen (secondary N) is 2. The zero-order valence-corrected chi connectivity index (χ0v) is 34.8. The summed E-state index contributed by atoms with van der Waals surface area (Å²) in [5.41, 5.74) is 7.63. The number of halogens is 1. The summed E-state index contributed by atoms with van der Waals surface area (Å²) >= 11 is 6.99. The van der Waals surface area contributed by atoms with E-state index >= 15 is 0 Å². The van der Waals surface area contributed by atoms with Crippen molar-refractivity contribution in [3.05, 3.63) is 111 Å². The van der Waals surface area contributed by atoms with Crippen LogP contribution in [0.1, 0.15) is 90.7 Å². The van der Waals surface area contributed by atoms with Gasteiger partial charge in [-0.1, -0.05) is 53.6 Å². The number of H-pyrrole nitrogens is 1. The van der Waals surface area contributed by atoms with Crippen molar-refractivity contribution in [1.82, 2.24) is 40.7 Å². The first-order valence-electron chi connectivity index (χ1n) is 20.5. The van der Waals surface area contributed by atoms with Crippen molar-refractivity contribution >= 4 is 17.5 Å². The second-order valence-corrected chi connectivity index (χ2v) is 15.9. The molecule has 2 aliphatic rings. The van der Waals surface area contributed by atoms with Crippen LogP contribution in [0.4, 0.5) is 0 Å². The average Bonchev–Trinajstić information content (AvgIpc) is 3.79. The zero-order chi connectivity index (χ0) is 41.1. The van der Waals surface area contributed by atoms with E-state index in [4.69, 9.17) is 25.8 Å². The number of ether oxygens (including phenoxy) is 3. The molecule has 2 aromatic heterocycles. The molecule has 308 valence electrons. The van der Waals surface area contributed by atoms with E-state index in [-0.39, 0.29) is 24.6 Å². The predicted octanol–water partition coefficient (Wildman–Crippen LogP) is 7.66. The smallest absolute Gasteiger partial charge is 0.217 e. The number of aromatic amines is 1. The minimum absolute atomic E-state index is 0.0182. The quantitative estimate of drug-likeness (QED) is 0.0944. The number of rotatable bonds is 16. The number of carbonyl (C=O) groups excluding carboxylic acids is 1. The highest BCUT2D eigenvalue weighted by Gasteiger charge is 2.29. The van der Waals surface area contributed by atoms with Crippen LogP contribution in [-0.4, -0.2) is 80.1 Å². The van der Waals surface area contributed by atoms with E-state index in [0.717, 1.165) is 109 Å². The highest BCUT2D eigenvalue weighted by Crippen LogP contribution is 2.38. The maximum atomic E-state index is 11.4. The Morgan fingerprint density at radius 1 is 0.915 bits per heavy atom. The second kappa shape index (κ2) is 19.9. The van der Waals surface area contributed by atoms with Gasteiger partial charge in [-0.15, -0.1) is 10.2 Å². The van der Waals surface area contributed by atoms with Crippen molar-refractivity contribution < 1.29 is 19.0 Å². The molecule has 2 aliphatic heterocycles. The lowest BCUT2D eigenvalue weighted by atomic mass is 9.93. The number of piperidine rings is 2. The second-order valence-electron chi connectivity index (χ2n) is 15.5. The number of amides is 1. The minimum atomic E-state index is 0.0182. The van der Waals surface area contributed by atoms with Gasteiger partial charge in [-0.3, -0.25) is 14.7 Å². The van der Waals surface area contributed by atoms with Gasteiger partial charge in [-0.05, 0) is 98.5 Å². The van der Waals surface area contributed by atoms with Gasteiger partial charge in [0.1, 0.15) is 36.5 Å². The molecular formula is C45H52ClN9O4. The van der Waals surface area contributed by atoms with Gasteiger partial charge in [-0.2, -0.15) is 10.5 Å². The van der Waals surface area contributed by atoms with Crippen LogP contribution >= 0.6 is 11.6 Å². The van der Waals surface area contributed by atoms with E-state index in [2.05, 4.69) is 91.0 Å². The Morgan fingerprint density at radius 3 is 2.49 bits per heavy atom. The average molecular weight is 818 g/mol. The third-order valence-corrected chi connectivity index (χ3v) is 11.7. The van der Waals surface area contributed by atoms with Gasteiger partial charge < -0.3 is 24.4 Å². The van der Waals surface area contributed by atoms with Gasteiger partial charge >= 0.3 is 0 Å². The molecule has 1 atom stereocenters. The Labute approximate surface area is 351 Å². The van der Waals surface area contributed by atoms with Crippen molar-refractivity contribution in [2.45, 2.75) is 91.1 Å². The Bertz CT molecular complexity index is 2240. The first-order valence-corrected chi connectivity index (χ1v) is 20.8. The van der Waals surface area contributed by atoms with Crippen LogP contribution in [0.25, 0.3) is 11.1 Å². The number of likely N-dealkylation sites (tertiary alicyclic amines) is 2. The van der Waals surface area contributed by atoms with Crippen molar-refractivity contribution in [3.63, 3.8) is 0 Å². The van der Waals surface area contributed by atoms with Crippen LogP contribution in [-0.2, 0) is 24.6 Å². The molecule has 2 N–H and O–H groups in total. The van der Waals surface area contributed by atoms with Gasteiger partial charge in [0.05, 0.1) is 23.2 Å². The van der Waals surface area contributed by atoms with E-state index in [9.17, 15) is 10.1 Å². The van der Waals surface area contributed by atoms with Gasteiger partial charge in [0.25, 0.3) is 0 Å². The Kier molecular flexibility index (Phi) is 14.1. The number of aromatic nitrogens is 5. The molecule has 0 saturated carbocycles. The number of benzene rings is 3. The number of tetrazole rings is 1. The van der Waals surface area contributed by atoms with Gasteiger partial charge in [-0.25, -0.2) is 0 Å². The maximum Gasteiger partial charge on any atom is 0.217 e. The third-order valence-electron chi connectivity index (χ3n) is 11.4.